The Hall–Kier alpha value is -3.02. The van der Waals surface area contributed by atoms with Gasteiger partial charge in [0.2, 0.25) is 0 Å². The first-order chi connectivity index (χ1) is 11.0. The van der Waals surface area contributed by atoms with Crippen molar-refractivity contribution >= 4 is 29.0 Å². The van der Waals surface area contributed by atoms with E-state index in [9.17, 15) is 9.59 Å². The summed E-state index contributed by atoms with van der Waals surface area (Å²) in [5.74, 6) is 0.376. The SMILES string of the molecule is Cc1cccc(NC(=O)Nc2ccc3c(c2)NC(=O)C(C)O3)c1. The molecule has 1 unspecified atom stereocenters. The minimum atomic E-state index is -0.522. The summed E-state index contributed by atoms with van der Waals surface area (Å²) in [5.41, 5.74) is 2.88. The van der Waals surface area contributed by atoms with Crippen LogP contribution in [0.2, 0.25) is 0 Å². The Balaban J connectivity index is 1.70. The highest BCUT2D eigenvalue weighted by atomic mass is 16.5. The van der Waals surface area contributed by atoms with Crippen molar-refractivity contribution < 1.29 is 14.3 Å². The summed E-state index contributed by atoms with van der Waals surface area (Å²) in [7, 11) is 0. The molecule has 0 aromatic heterocycles. The number of carbonyl (C=O) groups excluding carboxylic acids is 2. The minimum absolute atomic E-state index is 0.209. The van der Waals surface area contributed by atoms with Crippen molar-refractivity contribution in [3.8, 4) is 5.75 Å². The van der Waals surface area contributed by atoms with Crippen LogP contribution in [0.15, 0.2) is 42.5 Å². The number of carbonyl (C=O) groups is 2. The molecule has 2 aromatic rings. The number of rotatable bonds is 2. The van der Waals surface area contributed by atoms with Crippen LogP contribution in [-0.4, -0.2) is 18.0 Å². The molecule has 1 heterocycles. The molecule has 2 aromatic carbocycles. The van der Waals surface area contributed by atoms with Gasteiger partial charge in [0.25, 0.3) is 5.91 Å². The fraction of sp³-hybridized carbons (Fsp3) is 0.176. The van der Waals surface area contributed by atoms with Crippen molar-refractivity contribution in [1.29, 1.82) is 0 Å². The van der Waals surface area contributed by atoms with Gasteiger partial charge in [0.15, 0.2) is 6.10 Å². The Morgan fingerprint density at radius 2 is 1.87 bits per heavy atom. The lowest BCUT2D eigenvalue weighted by molar-refractivity contribution is -0.122. The van der Waals surface area contributed by atoms with Crippen LogP contribution < -0.4 is 20.7 Å². The van der Waals surface area contributed by atoms with Gasteiger partial charge in [-0.2, -0.15) is 0 Å². The summed E-state index contributed by atoms with van der Waals surface area (Å²) >= 11 is 0. The monoisotopic (exact) mass is 311 g/mol. The molecule has 3 rings (SSSR count). The first kappa shape index (κ1) is 14.9. The molecular weight excluding hydrogens is 294 g/mol. The van der Waals surface area contributed by atoms with Crippen molar-refractivity contribution in [3.63, 3.8) is 0 Å². The summed E-state index contributed by atoms with van der Waals surface area (Å²) in [6.45, 7) is 3.63. The maximum atomic E-state index is 12.0. The number of aryl methyl sites for hydroxylation is 1. The number of ether oxygens (including phenoxy) is 1. The molecule has 0 saturated carbocycles. The van der Waals surface area contributed by atoms with E-state index in [1.807, 2.05) is 31.2 Å². The predicted molar refractivity (Wildman–Crippen MR) is 89.0 cm³/mol. The van der Waals surface area contributed by atoms with Crippen molar-refractivity contribution in [2.45, 2.75) is 20.0 Å². The van der Waals surface area contributed by atoms with Crippen LogP contribution in [0.1, 0.15) is 12.5 Å². The standard InChI is InChI=1S/C17H17N3O3/c1-10-4-3-5-12(8-10)18-17(22)19-13-6-7-15-14(9-13)20-16(21)11(2)23-15/h3-9,11H,1-2H3,(H,20,21)(H2,18,19,22). The number of hydrogen-bond donors (Lipinski definition) is 3. The van der Waals surface area contributed by atoms with Crippen molar-refractivity contribution in [2.75, 3.05) is 16.0 Å². The van der Waals surface area contributed by atoms with Gasteiger partial charge in [-0.3, -0.25) is 4.79 Å². The van der Waals surface area contributed by atoms with Crippen LogP contribution in [0.5, 0.6) is 5.75 Å². The van der Waals surface area contributed by atoms with Gasteiger partial charge < -0.3 is 20.7 Å². The fourth-order valence-corrected chi connectivity index (χ4v) is 2.30. The third kappa shape index (κ3) is 3.42. The lowest BCUT2D eigenvalue weighted by Crippen LogP contribution is -2.34. The van der Waals surface area contributed by atoms with E-state index < -0.39 is 6.10 Å². The zero-order chi connectivity index (χ0) is 16.4. The number of nitrogens with one attached hydrogen (secondary N) is 3. The zero-order valence-corrected chi connectivity index (χ0v) is 12.8. The highest BCUT2D eigenvalue weighted by molar-refractivity contribution is 6.02. The molecule has 3 amide bonds. The third-order valence-electron chi connectivity index (χ3n) is 3.44. The summed E-state index contributed by atoms with van der Waals surface area (Å²) in [6.07, 6.45) is -0.522. The number of anilines is 3. The first-order valence-corrected chi connectivity index (χ1v) is 7.27. The van der Waals surface area contributed by atoms with E-state index in [1.165, 1.54) is 0 Å². The van der Waals surface area contributed by atoms with Gasteiger partial charge in [0, 0.05) is 11.4 Å². The van der Waals surface area contributed by atoms with Gasteiger partial charge >= 0.3 is 6.03 Å². The number of urea groups is 1. The average molecular weight is 311 g/mol. The molecule has 6 heteroatoms. The quantitative estimate of drug-likeness (QED) is 0.795. The molecule has 0 radical (unpaired) electrons. The van der Waals surface area contributed by atoms with Crippen LogP contribution in [0.25, 0.3) is 0 Å². The maximum absolute atomic E-state index is 12.0. The highest BCUT2D eigenvalue weighted by Gasteiger charge is 2.23. The highest BCUT2D eigenvalue weighted by Crippen LogP contribution is 2.32. The lowest BCUT2D eigenvalue weighted by atomic mass is 10.2. The second kappa shape index (κ2) is 6.00. The van der Waals surface area contributed by atoms with E-state index in [1.54, 1.807) is 25.1 Å². The Labute approximate surface area is 133 Å². The van der Waals surface area contributed by atoms with E-state index in [4.69, 9.17) is 4.74 Å². The molecule has 0 aliphatic carbocycles. The summed E-state index contributed by atoms with van der Waals surface area (Å²) in [5, 5.41) is 8.23. The molecule has 23 heavy (non-hydrogen) atoms. The van der Waals surface area contributed by atoms with Gasteiger partial charge in [0.05, 0.1) is 5.69 Å². The summed E-state index contributed by atoms with van der Waals surface area (Å²) < 4.78 is 5.47. The van der Waals surface area contributed by atoms with Crippen molar-refractivity contribution in [1.82, 2.24) is 0 Å². The molecule has 0 saturated heterocycles. The summed E-state index contributed by atoms with van der Waals surface area (Å²) in [4.78, 5) is 23.7. The molecule has 1 atom stereocenters. The number of amides is 3. The topological polar surface area (TPSA) is 79.5 Å². The number of benzene rings is 2. The third-order valence-corrected chi connectivity index (χ3v) is 3.44. The largest absolute Gasteiger partial charge is 0.479 e. The average Bonchev–Trinajstić information content (AvgIpc) is 2.48. The minimum Gasteiger partial charge on any atom is -0.479 e. The van der Waals surface area contributed by atoms with Gasteiger partial charge in [-0.05, 0) is 49.7 Å². The Morgan fingerprint density at radius 3 is 2.61 bits per heavy atom. The van der Waals surface area contributed by atoms with Gasteiger partial charge in [-0.1, -0.05) is 12.1 Å². The summed E-state index contributed by atoms with van der Waals surface area (Å²) in [6, 6.07) is 12.3. The normalized spacial score (nSPS) is 15.9. The fourth-order valence-electron chi connectivity index (χ4n) is 2.30. The van der Waals surface area contributed by atoms with Crippen LogP contribution in [-0.2, 0) is 4.79 Å². The van der Waals surface area contributed by atoms with Crippen LogP contribution in [0.3, 0.4) is 0 Å². The molecule has 0 bridgehead atoms. The van der Waals surface area contributed by atoms with E-state index in [0.29, 0.717) is 22.8 Å². The van der Waals surface area contributed by atoms with E-state index in [2.05, 4.69) is 16.0 Å². The van der Waals surface area contributed by atoms with Gasteiger partial charge in [-0.15, -0.1) is 0 Å². The Morgan fingerprint density at radius 1 is 1.13 bits per heavy atom. The molecule has 118 valence electrons. The number of hydrogen-bond acceptors (Lipinski definition) is 3. The van der Waals surface area contributed by atoms with E-state index in [-0.39, 0.29) is 11.9 Å². The van der Waals surface area contributed by atoms with Crippen LogP contribution >= 0.6 is 0 Å². The van der Waals surface area contributed by atoms with Crippen LogP contribution in [0, 0.1) is 6.92 Å². The lowest BCUT2D eigenvalue weighted by Gasteiger charge is -2.23. The predicted octanol–water partition coefficient (Wildman–Crippen LogP) is 3.36. The molecule has 1 aliphatic rings. The van der Waals surface area contributed by atoms with E-state index in [0.717, 1.165) is 5.56 Å². The smallest absolute Gasteiger partial charge is 0.323 e. The second-order valence-corrected chi connectivity index (χ2v) is 5.41. The Kier molecular flexibility index (Phi) is 3.89. The van der Waals surface area contributed by atoms with Gasteiger partial charge in [-0.25, -0.2) is 4.79 Å². The first-order valence-electron chi connectivity index (χ1n) is 7.27. The zero-order valence-electron chi connectivity index (χ0n) is 12.8. The number of fused-ring (bicyclic) bond motifs is 1. The van der Waals surface area contributed by atoms with Crippen LogP contribution in [0.4, 0.5) is 21.9 Å². The van der Waals surface area contributed by atoms with Crippen molar-refractivity contribution in [3.05, 3.63) is 48.0 Å². The maximum Gasteiger partial charge on any atom is 0.323 e. The Bertz CT molecular complexity index is 773. The van der Waals surface area contributed by atoms with Crippen molar-refractivity contribution in [2.24, 2.45) is 0 Å². The molecule has 0 fully saturated rings. The second-order valence-electron chi connectivity index (χ2n) is 5.41. The molecule has 1 aliphatic heterocycles. The molecule has 3 N–H and O–H groups in total. The molecule has 6 nitrogen and oxygen atoms in total. The van der Waals surface area contributed by atoms with Gasteiger partial charge in [0.1, 0.15) is 5.75 Å². The molecule has 0 spiro atoms. The van der Waals surface area contributed by atoms with E-state index >= 15 is 0 Å². The molecular formula is C17H17N3O3.